The third-order valence-electron chi connectivity index (χ3n) is 4.43. The molecular formula is C22H14ClNO2. The number of phenolic OH excluding ortho intramolecular Hbond substituents is 1. The van der Waals surface area contributed by atoms with E-state index in [4.69, 9.17) is 17.0 Å². The van der Waals surface area contributed by atoms with Crippen molar-refractivity contribution in [2.45, 2.75) is 0 Å². The second-order valence-electron chi connectivity index (χ2n) is 6.08. The summed E-state index contributed by atoms with van der Waals surface area (Å²) in [5, 5.41) is 18.7. The molecule has 0 amide bonds. The largest absolute Gasteiger partial charge is 0.508 e. The molecule has 0 spiro atoms. The number of aromatic hydroxyl groups is 1. The van der Waals surface area contributed by atoms with Gasteiger partial charge >= 0.3 is 0 Å². The molecule has 4 rings (SSSR count). The van der Waals surface area contributed by atoms with Gasteiger partial charge in [0.05, 0.1) is 5.71 Å². The molecule has 26 heavy (non-hydrogen) atoms. The Morgan fingerprint density at radius 3 is 2.38 bits per heavy atom. The Hall–Kier alpha value is -3.17. The lowest BCUT2D eigenvalue weighted by Gasteiger charge is -2.23. The first-order chi connectivity index (χ1) is 12.5. The van der Waals surface area contributed by atoms with Gasteiger partial charge in [0.25, 0.3) is 0 Å². The molecule has 0 radical (unpaired) electrons. The molecule has 0 saturated carbocycles. The van der Waals surface area contributed by atoms with Crippen molar-refractivity contribution in [3.8, 4) is 5.75 Å². The van der Waals surface area contributed by atoms with Crippen LogP contribution >= 0.6 is 11.6 Å². The standard InChI is InChI=1S/C22H14ClNO2/c23-14-8-9-18-19(11-14)20(16-6-1-2-7-17(16)22(18)24)12-21(26)13-4-3-5-15(25)10-13/h1-12,24-25H/b20-12-,24-22?. The van der Waals surface area contributed by atoms with E-state index in [1.165, 1.54) is 12.1 Å². The van der Waals surface area contributed by atoms with Crippen LogP contribution in [0.25, 0.3) is 5.57 Å². The molecule has 3 aromatic carbocycles. The van der Waals surface area contributed by atoms with Crippen molar-refractivity contribution in [1.29, 1.82) is 5.41 Å². The molecule has 0 bridgehead atoms. The zero-order valence-electron chi connectivity index (χ0n) is 13.7. The fourth-order valence-electron chi connectivity index (χ4n) is 3.21. The second kappa shape index (κ2) is 6.28. The van der Waals surface area contributed by atoms with E-state index in [0.29, 0.717) is 16.3 Å². The Bertz CT molecular complexity index is 1100. The van der Waals surface area contributed by atoms with Gasteiger partial charge in [-0.25, -0.2) is 0 Å². The first kappa shape index (κ1) is 16.3. The molecule has 1 aliphatic rings. The number of hydrogen-bond donors (Lipinski definition) is 2. The summed E-state index contributed by atoms with van der Waals surface area (Å²) in [4.78, 5) is 12.8. The average molecular weight is 360 g/mol. The van der Waals surface area contributed by atoms with Gasteiger partial charge in [0.2, 0.25) is 0 Å². The highest BCUT2D eigenvalue weighted by Gasteiger charge is 2.25. The first-order valence-corrected chi connectivity index (χ1v) is 8.46. The predicted molar refractivity (Wildman–Crippen MR) is 103 cm³/mol. The third-order valence-corrected chi connectivity index (χ3v) is 4.67. The number of hydrogen-bond acceptors (Lipinski definition) is 3. The molecule has 2 N–H and O–H groups in total. The van der Waals surface area contributed by atoms with Gasteiger partial charge in [0, 0.05) is 21.7 Å². The van der Waals surface area contributed by atoms with E-state index in [1.807, 2.05) is 30.3 Å². The Balaban J connectivity index is 1.93. The van der Waals surface area contributed by atoms with Crippen molar-refractivity contribution in [3.63, 3.8) is 0 Å². The number of benzene rings is 3. The van der Waals surface area contributed by atoms with E-state index in [1.54, 1.807) is 30.3 Å². The van der Waals surface area contributed by atoms with Gasteiger partial charge in [-0.15, -0.1) is 0 Å². The number of carbonyl (C=O) groups excluding carboxylic acids is 1. The molecule has 0 aromatic heterocycles. The van der Waals surface area contributed by atoms with Gasteiger partial charge in [-0.2, -0.15) is 0 Å². The Morgan fingerprint density at radius 2 is 1.62 bits per heavy atom. The van der Waals surface area contributed by atoms with Crippen molar-refractivity contribution in [1.82, 2.24) is 0 Å². The number of allylic oxidation sites excluding steroid dienone is 1. The van der Waals surface area contributed by atoms with E-state index in [0.717, 1.165) is 27.8 Å². The van der Waals surface area contributed by atoms with Crippen LogP contribution in [0.15, 0.2) is 72.8 Å². The van der Waals surface area contributed by atoms with Gasteiger partial charge in [-0.05, 0) is 47.0 Å². The number of carbonyl (C=O) groups is 1. The fourth-order valence-corrected chi connectivity index (χ4v) is 3.38. The maximum Gasteiger partial charge on any atom is 0.186 e. The van der Waals surface area contributed by atoms with E-state index < -0.39 is 0 Å². The van der Waals surface area contributed by atoms with Crippen LogP contribution in [0.1, 0.15) is 32.6 Å². The third kappa shape index (κ3) is 2.72. The smallest absolute Gasteiger partial charge is 0.186 e. The zero-order chi connectivity index (χ0) is 18.3. The SMILES string of the molecule is N=C1c2ccccc2/C(=C/C(=O)c2cccc(O)c2)c2cc(Cl)ccc21. The lowest BCUT2D eigenvalue weighted by molar-refractivity contribution is 0.104. The molecule has 0 heterocycles. The lowest BCUT2D eigenvalue weighted by atomic mass is 9.80. The number of ketones is 1. The maximum absolute atomic E-state index is 12.8. The summed E-state index contributed by atoms with van der Waals surface area (Å²) in [6.07, 6.45) is 1.55. The fraction of sp³-hybridized carbons (Fsp3) is 0. The van der Waals surface area contributed by atoms with Crippen molar-refractivity contribution >= 4 is 28.7 Å². The molecule has 0 saturated heterocycles. The molecule has 3 nitrogen and oxygen atoms in total. The summed E-state index contributed by atoms with van der Waals surface area (Å²) in [6.45, 7) is 0. The van der Waals surface area contributed by atoms with Crippen LogP contribution in [0.2, 0.25) is 5.02 Å². The van der Waals surface area contributed by atoms with Gasteiger partial charge in [0.1, 0.15) is 5.75 Å². The molecule has 1 aliphatic carbocycles. The highest BCUT2D eigenvalue weighted by molar-refractivity contribution is 6.31. The van der Waals surface area contributed by atoms with E-state index in [2.05, 4.69) is 0 Å². The van der Waals surface area contributed by atoms with E-state index in [9.17, 15) is 9.90 Å². The summed E-state index contributed by atoms with van der Waals surface area (Å²) < 4.78 is 0. The Kier molecular flexibility index (Phi) is 3.94. The summed E-state index contributed by atoms with van der Waals surface area (Å²) in [6, 6.07) is 19.1. The normalized spacial score (nSPS) is 14.0. The van der Waals surface area contributed by atoms with Crippen LogP contribution in [0.3, 0.4) is 0 Å². The Labute approximate surface area is 155 Å². The second-order valence-corrected chi connectivity index (χ2v) is 6.52. The zero-order valence-corrected chi connectivity index (χ0v) is 14.4. The molecule has 0 unspecified atom stereocenters. The van der Waals surface area contributed by atoms with Crippen LogP contribution in [-0.4, -0.2) is 16.6 Å². The Morgan fingerprint density at radius 1 is 0.885 bits per heavy atom. The van der Waals surface area contributed by atoms with Crippen molar-refractivity contribution in [2.24, 2.45) is 0 Å². The van der Waals surface area contributed by atoms with Crippen LogP contribution in [0.5, 0.6) is 5.75 Å². The summed E-state index contributed by atoms with van der Waals surface area (Å²) in [5.74, 6) is -0.173. The number of phenols is 1. The molecular weight excluding hydrogens is 346 g/mol. The van der Waals surface area contributed by atoms with E-state index in [-0.39, 0.29) is 11.5 Å². The summed E-state index contributed by atoms with van der Waals surface area (Å²) >= 11 is 6.18. The number of halogens is 1. The van der Waals surface area contributed by atoms with Crippen molar-refractivity contribution < 1.29 is 9.90 Å². The van der Waals surface area contributed by atoms with Crippen molar-refractivity contribution in [2.75, 3.05) is 0 Å². The van der Waals surface area contributed by atoms with Crippen LogP contribution in [-0.2, 0) is 0 Å². The number of rotatable bonds is 2. The molecule has 126 valence electrons. The average Bonchev–Trinajstić information content (AvgIpc) is 2.65. The minimum Gasteiger partial charge on any atom is -0.508 e. The lowest BCUT2D eigenvalue weighted by Crippen LogP contribution is -2.15. The molecule has 0 fully saturated rings. The van der Waals surface area contributed by atoms with Gasteiger partial charge < -0.3 is 5.11 Å². The maximum atomic E-state index is 12.8. The van der Waals surface area contributed by atoms with Gasteiger partial charge in [0.15, 0.2) is 5.78 Å². The van der Waals surface area contributed by atoms with Gasteiger partial charge in [-0.1, -0.05) is 54.1 Å². The predicted octanol–water partition coefficient (Wildman–Crippen LogP) is 5.09. The number of fused-ring (bicyclic) bond motifs is 2. The first-order valence-electron chi connectivity index (χ1n) is 8.08. The van der Waals surface area contributed by atoms with Gasteiger partial charge in [-0.3, -0.25) is 10.2 Å². The highest BCUT2D eigenvalue weighted by Crippen LogP contribution is 2.37. The number of nitrogens with one attached hydrogen (secondary N) is 1. The van der Waals surface area contributed by atoms with Crippen LogP contribution < -0.4 is 0 Å². The minimum atomic E-state index is -0.218. The summed E-state index contributed by atoms with van der Waals surface area (Å²) in [7, 11) is 0. The van der Waals surface area contributed by atoms with Crippen molar-refractivity contribution in [3.05, 3.63) is 106 Å². The molecule has 4 heteroatoms. The molecule has 0 aliphatic heterocycles. The summed E-state index contributed by atoms with van der Waals surface area (Å²) in [5.41, 5.74) is 4.63. The monoisotopic (exact) mass is 359 g/mol. The molecule has 3 aromatic rings. The molecule has 0 atom stereocenters. The van der Waals surface area contributed by atoms with Crippen LogP contribution in [0, 0.1) is 5.41 Å². The minimum absolute atomic E-state index is 0.0449. The van der Waals surface area contributed by atoms with Crippen LogP contribution in [0.4, 0.5) is 0 Å². The van der Waals surface area contributed by atoms with E-state index >= 15 is 0 Å². The quantitative estimate of drug-likeness (QED) is 0.387. The highest BCUT2D eigenvalue weighted by atomic mass is 35.5. The topological polar surface area (TPSA) is 61.2 Å².